The first-order valence-corrected chi connectivity index (χ1v) is 12.3. The van der Waals surface area contributed by atoms with Crippen LogP contribution in [0, 0.1) is 34.6 Å². The Kier molecular flexibility index (Phi) is 5.79. The lowest BCUT2D eigenvalue weighted by atomic mass is 9.48. The van der Waals surface area contributed by atoms with Gasteiger partial charge in [0, 0.05) is 5.02 Å². The van der Waals surface area contributed by atoms with Crippen molar-refractivity contribution in [1.29, 1.82) is 5.26 Å². The van der Waals surface area contributed by atoms with E-state index in [1.165, 1.54) is 37.9 Å². The van der Waals surface area contributed by atoms with Gasteiger partial charge in [0.2, 0.25) is 0 Å². The van der Waals surface area contributed by atoms with Crippen molar-refractivity contribution in [3.05, 3.63) is 29.3 Å². The van der Waals surface area contributed by atoms with Gasteiger partial charge in [-0.05, 0) is 105 Å². The highest BCUT2D eigenvalue weighted by Crippen LogP contribution is 2.61. The minimum Gasteiger partial charge on any atom is -0.480 e. The number of halogens is 1. The van der Waals surface area contributed by atoms with Crippen molar-refractivity contribution in [1.82, 2.24) is 5.32 Å². The van der Waals surface area contributed by atoms with Crippen molar-refractivity contribution in [2.24, 2.45) is 28.2 Å². The maximum absolute atomic E-state index is 9.38. The molecule has 0 saturated heterocycles. The minimum atomic E-state index is -0.727. The second-order valence-electron chi connectivity index (χ2n) is 9.67. The summed E-state index contributed by atoms with van der Waals surface area (Å²) in [5.41, 5.74) is -0.199. The number of benzene rings is 1. The summed E-state index contributed by atoms with van der Waals surface area (Å²) in [4.78, 5) is 5.17. The summed E-state index contributed by atoms with van der Waals surface area (Å²) in [6.45, 7) is 3.94. The molecule has 1 aromatic carbocycles. The van der Waals surface area contributed by atoms with Gasteiger partial charge in [-0.3, -0.25) is 10.3 Å². The van der Waals surface area contributed by atoms with Crippen LogP contribution in [-0.2, 0) is 0 Å². The molecular formula is C23H30ClN3OS. The van der Waals surface area contributed by atoms with Gasteiger partial charge in [0.15, 0.2) is 17.6 Å². The molecule has 2 unspecified atom stereocenters. The summed E-state index contributed by atoms with van der Waals surface area (Å²) in [5, 5.41) is 12.9. The zero-order chi connectivity index (χ0) is 20.6. The Morgan fingerprint density at radius 1 is 1.28 bits per heavy atom. The lowest BCUT2D eigenvalue weighted by Gasteiger charge is -2.59. The zero-order valence-electron chi connectivity index (χ0n) is 17.5. The highest BCUT2D eigenvalue weighted by Gasteiger charge is 2.55. The Labute approximate surface area is 183 Å². The third-order valence-electron chi connectivity index (χ3n) is 7.01. The highest BCUT2D eigenvalue weighted by atomic mass is 35.5. The van der Waals surface area contributed by atoms with Crippen LogP contribution in [0.4, 0.5) is 0 Å². The van der Waals surface area contributed by atoms with Gasteiger partial charge in [0.1, 0.15) is 5.75 Å². The smallest absolute Gasteiger partial charge is 0.182 e. The fraction of sp³-hybridized carbons (Fsp3) is 0.652. The molecule has 0 radical (unpaired) electrons. The third-order valence-corrected chi connectivity index (χ3v) is 8.16. The SMILES string of the molecule is CSCC12CC3CC(C1)C(N=C(NC#N)C(C)(C)Oc1ccc(Cl)cc1)C(C3)C2. The lowest BCUT2D eigenvalue weighted by molar-refractivity contribution is -0.0529. The van der Waals surface area contributed by atoms with Crippen LogP contribution in [-0.4, -0.2) is 29.5 Å². The number of ether oxygens (including phenoxy) is 1. The predicted molar refractivity (Wildman–Crippen MR) is 121 cm³/mol. The maximum Gasteiger partial charge on any atom is 0.182 e. The molecule has 6 heteroatoms. The molecule has 0 aromatic heterocycles. The number of thioether (sulfide) groups is 1. The first-order valence-electron chi connectivity index (χ1n) is 10.5. The number of amidine groups is 1. The van der Waals surface area contributed by atoms with E-state index in [4.69, 9.17) is 21.3 Å². The average Bonchev–Trinajstić information content (AvgIpc) is 2.65. The number of nitrogens with one attached hydrogen (secondary N) is 1. The molecule has 4 nitrogen and oxygen atoms in total. The van der Waals surface area contributed by atoms with Gasteiger partial charge in [-0.25, -0.2) is 0 Å². The van der Waals surface area contributed by atoms with Crippen LogP contribution >= 0.6 is 23.4 Å². The summed E-state index contributed by atoms with van der Waals surface area (Å²) in [6.07, 6.45) is 10.9. The summed E-state index contributed by atoms with van der Waals surface area (Å²) < 4.78 is 6.22. The maximum atomic E-state index is 9.38. The van der Waals surface area contributed by atoms with Gasteiger partial charge in [-0.2, -0.15) is 17.0 Å². The van der Waals surface area contributed by atoms with Gasteiger partial charge < -0.3 is 4.74 Å². The van der Waals surface area contributed by atoms with Crippen LogP contribution in [0.3, 0.4) is 0 Å². The standard InChI is InChI=1S/C23H30ClN3OS/c1-22(2,28-19-6-4-18(24)5-7-19)21(26-14-25)27-20-16-8-15-9-17(20)12-23(10-15,11-16)13-29-3/h4-7,15-17,20H,8-13H2,1-3H3,(H,26,27). The molecule has 0 heterocycles. The number of rotatable bonds is 6. The minimum absolute atomic E-state index is 0.297. The number of aliphatic imine (C=N–C) groups is 1. The van der Waals surface area contributed by atoms with E-state index in [2.05, 4.69) is 17.8 Å². The summed E-state index contributed by atoms with van der Waals surface area (Å²) in [6, 6.07) is 7.62. The van der Waals surface area contributed by atoms with Crippen molar-refractivity contribution >= 4 is 29.2 Å². The van der Waals surface area contributed by atoms with Crippen LogP contribution in [0.5, 0.6) is 5.75 Å². The number of nitrogens with zero attached hydrogens (tertiary/aromatic N) is 2. The molecule has 0 spiro atoms. The predicted octanol–water partition coefficient (Wildman–Crippen LogP) is 5.52. The van der Waals surface area contributed by atoms with E-state index in [0.29, 0.717) is 34.2 Å². The Morgan fingerprint density at radius 2 is 1.93 bits per heavy atom. The molecule has 4 fully saturated rings. The number of hydrogen-bond acceptors (Lipinski definition) is 4. The van der Waals surface area contributed by atoms with Crippen molar-refractivity contribution in [2.75, 3.05) is 12.0 Å². The van der Waals surface area contributed by atoms with Crippen molar-refractivity contribution in [3.63, 3.8) is 0 Å². The van der Waals surface area contributed by atoms with E-state index in [-0.39, 0.29) is 0 Å². The molecule has 0 aliphatic heterocycles. The van der Waals surface area contributed by atoms with Gasteiger partial charge in [0.25, 0.3) is 0 Å². The number of nitriles is 1. The Hall–Kier alpha value is -1.38. The summed E-state index contributed by atoms with van der Waals surface area (Å²) in [5.74, 6) is 4.77. The highest BCUT2D eigenvalue weighted by molar-refractivity contribution is 7.98. The molecule has 4 bridgehead atoms. The van der Waals surface area contributed by atoms with Gasteiger partial charge in [-0.1, -0.05) is 11.6 Å². The van der Waals surface area contributed by atoms with Crippen molar-refractivity contribution < 1.29 is 4.74 Å². The molecule has 0 amide bonds. The molecule has 4 saturated carbocycles. The largest absolute Gasteiger partial charge is 0.480 e. The molecule has 4 aliphatic carbocycles. The Balaban J connectivity index is 1.57. The Bertz CT molecular complexity index is 800. The fourth-order valence-corrected chi connectivity index (χ4v) is 7.34. The molecule has 156 valence electrons. The molecule has 5 rings (SSSR count). The normalized spacial score (nSPS) is 33.4. The van der Waals surface area contributed by atoms with E-state index in [0.717, 1.165) is 11.7 Å². The van der Waals surface area contributed by atoms with Crippen LogP contribution < -0.4 is 10.1 Å². The number of hydrogen-bond donors (Lipinski definition) is 1. The van der Waals surface area contributed by atoms with Gasteiger partial charge in [-0.15, -0.1) is 0 Å². The van der Waals surface area contributed by atoms with Gasteiger partial charge >= 0.3 is 0 Å². The molecule has 1 aromatic rings. The molecule has 2 atom stereocenters. The third kappa shape index (κ3) is 4.25. The van der Waals surface area contributed by atoms with Crippen molar-refractivity contribution in [2.45, 2.75) is 57.6 Å². The van der Waals surface area contributed by atoms with Crippen LogP contribution in [0.25, 0.3) is 0 Å². The van der Waals surface area contributed by atoms with Crippen molar-refractivity contribution in [3.8, 4) is 11.9 Å². The zero-order valence-corrected chi connectivity index (χ0v) is 19.0. The van der Waals surface area contributed by atoms with Crippen LogP contribution in [0.15, 0.2) is 29.3 Å². The van der Waals surface area contributed by atoms with E-state index >= 15 is 0 Å². The summed E-state index contributed by atoms with van der Waals surface area (Å²) in [7, 11) is 0. The second kappa shape index (κ2) is 8.04. The molecule has 4 aliphatic rings. The first-order chi connectivity index (χ1) is 13.8. The van der Waals surface area contributed by atoms with E-state index < -0.39 is 5.60 Å². The van der Waals surface area contributed by atoms with Crippen LogP contribution in [0.2, 0.25) is 5.02 Å². The summed E-state index contributed by atoms with van der Waals surface area (Å²) >= 11 is 7.99. The van der Waals surface area contributed by atoms with E-state index in [1.54, 1.807) is 0 Å². The lowest BCUT2D eigenvalue weighted by Crippen LogP contribution is -2.55. The molecule has 29 heavy (non-hydrogen) atoms. The van der Waals surface area contributed by atoms with E-state index in [1.807, 2.05) is 49.9 Å². The Morgan fingerprint density at radius 3 is 2.52 bits per heavy atom. The fourth-order valence-electron chi connectivity index (χ4n) is 6.25. The molecular weight excluding hydrogens is 402 g/mol. The van der Waals surface area contributed by atoms with E-state index in [9.17, 15) is 5.26 Å². The monoisotopic (exact) mass is 431 g/mol. The van der Waals surface area contributed by atoms with Gasteiger partial charge in [0.05, 0.1) is 6.04 Å². The quantitative estimate of drug-likeness (QED) is 0.278. The second-order valence-corrected chi connectivity index (χ2v) is 11.0. The topological polar surface area (TPSA) is 57.4 Å². The molecule has 1 N–H and O–H groups in total. The van der Waals surface area contributed by atoms with Crippen LogP contribution in [0.1, 0.15) is 46.0 Å². The average molecular weight is 432 g/mol. The first kappa shape index (κ1) is 20.9.